The third-order valence-electron chi connectivity index (χ3n) is 6.70. The van der Waals surface area contributed by atoms with Crippen LogP contribution in [0.3, 0.4) is 0 Å². The topological polar surface area (TPSA) is 9.23 Å². The quantitative estimate of drug-likeness (QED) is 0.190. The molecule has 10 heteroatoms. The Morgan fingerprint density at radius 3 is 1.56 bits per heavy atom. The zero-order valence-corrected chi connectivity index (χ0v) is 19.0. The fraction of sp³-hybridized carbons (Fsp3) is 0.250. The monoisotopic (exact) mass is 522 g/mol. The van der Waals surface area contributed by atoms with E-state index in [-0.39, 0.29) is 5.75 Å². The van der Waals surface area contributed by atoms with Gasteiger partial charge in [-0.05, 0) is 23.3 Å². The maximum atomic E-state index is 14.1. The van der Waals surface area contributed by atoms with Crippen molar-refractivity contribution < 1.29 is 35.5 Å². The molecular weight excluding hydrogens is 508 g/mol. The summed E-state index contributed by atoms with van der Waals surface area (Å²) in [6.07, 6.45) is -5.64. The summed E-state index contributed by atoms with van der Waals surface area (Å²) < 4.78 is 97.9. The summed E-state index contributed by atoms with van der Waals surface area (Å²) >= 11 is 13.4. The molecule has 0 aliphatic heterocycles. The van der Waals surface area contributed by atoms with Crippen molar-refractivity contribution in [3.8, 4) is 11.5 Å². The van der Waals surface area contributed by atoms with Crippen LogP contribution in [0.25, 0.3) is 0 Å². The number of hydrogen-bond acceptors (Lipinski definition) is 1. The zero-order valence-electron chi connectivity index (χ0n) is 17.5. The summed E-state index contributed by atoms with van der Waals surface area (Å²) in [7, 11) is 0. The van der Waals surface area contributed by atoms with E-state index < -0.39 is 55.9 Å². The molecule has 2 atom stereocenters. The van der Waals surface area contributed by atoms with Crippen LogP contribution in [0, 0.1) is 23.3 Å². The van der Waals surface area contributed by atoms with Crippen molar-refractivity contribution >= 4 is 23.2 Å². The highest BCUT2D eigenvalue weighted by Crippen LogP contribution is 2.78. The molecule has 34 heavy (non-hydrogen) atoms. The molecule has 0 spiro atoms. The van der Waals surface area contributed by atoms with Crippen LogP contribution in [-0.2, 0) is 17.0 Å². The van der Waals surface area contributed by atoms with Crippen LogP contribution in [0.15, 0.2) is 54.6 Å². The van der Waals surface area contributed by atoms with Gasteiger partial charge in [-0.3, -0.25) is 0 Å². The van der Waals surface area contributed by atoms with Crippen LogP contribution in [-0.4, -0.2) is 4.33 Å². The van der Waals surface area contributed by atoms with E-state index in [2.05, 4.69) is 0 Å². The summed E-state index contributed by atoms with van der Waals surface area (Å²) in [6.45, 7) is 3.71. The van der Waals surface area contributed by atoms with Crippen molar-refractivity contribution in [1.82, 2.24) is 0 Å². The van der Waals surface area contributed by atoms with E-state index in [0.717, 1.165) is 5.56 Å². The lowest BCUT2D eigenvalue weighted by molar-refractivity contribution is -0.143. The second-order valence-corrected chi connectivity index (χ2v) is 9.60. The van der Waals surface area contributed by atoms with E-state index in [1.54, 1.807) is 0 Å². The molecule has 3 aromatic rings. The predicted octanol–water partition coefficient (Wildman–Crippen LogP) is 8.46. The summed E-state index contributed by atoms with van der Waals surface area (Å²) in [5, 5.41) is 0. The van der Waals surface area contributed by atoms with Crippen LogP contribution in [0.4, 0.5) is 30.7 Å². The third-order valence-corrected chi connectivity index (χ3v) is 8.21. The number of rotatable bonds is 4. The Balaban J connectivity index is 1.68. The van der Waals surface area contributed by atoms with Gasteiger partial charge in [-0.15, -0.1) is 0 Å². The predicted molar refractivity (Wildman–Crippen MR) is 113 cm³/mol. The molecule has 0 N–H and O–H groups in total. The first kappa shape index (κ1) is 24.7. The minimum absolute atomic E-state index is 0.277. The first-order valence-electron chi connectivity index (χ1n) is 9.84. The maximum Gasteiger partial charge on any atom is 0.422 e. The van der Waals surface area contributed by atoms with E-state index in [9.17, 15) is 30.7 Å². The fourth-order valence-electron chi connectivity index (χ4n) is 4.44. The molecule has 3 aromatic carbocycles. The molecule has 1 nitrogen and oxygen atoms in total. The maximum absolute atomic E-state index is 14.1. The molecule has 0 bridgehead atoms. The van der Waals surface area contributed by atoms with Crippen LogP contribution in [0.5, 0.6) is 11.5 Å². The molecule has 1 aliphatic carbocycles. The summed E-state index contributed by atoms with van der Waals surface area (Å²) in [6, 6.07) is 14.7. The van der Waals surface area contributed by atoms with Crippen molar-refractivity contribution in [2.24, 2.45) is 0 Å². The van der Waals surface area contributed by atoms with Crippen molar-refractivity contribution in [3.05, 3.63) is 94.6 Å². The van der Waals surface area contributed by atoms with Crippen molar-refractivity contribution in [2.45, 2.75) is 35.2 Å². The second kappa shape index (κ2) is 7.78. The molecule has 2 unspecified atom stereocenters. The van der Waals surface area contributed by atoms with Crippen molar-refractivity contribution in [2.75, 3.05) is 0 Å². The minimum atomic E-state index is -5.64. The Morgan fingerprint density at radius 2 is 1.12 bits per heavy atom. The molecule has 0 saturated heterocycles. The van der Waals surface area contributed by atoms with Gasteiger partial charge in [0.2, 0.25) is 17.4 Å². The Morgan fingerprint density at radius 1 is 0.676 bits per heavy atom. The smallest absolute Gasteiger partial charge is 0.422 e. The lowest BCUT2D eigenvalue weighted by atomic mass is 9.84. The molecule has 0 aromatic heterocycles. The van der Waals surface area contributed by atoms with E-state index in [1.807, 2.05) is 44.2 Å². The van der Waals surface area contributed by atoms with Crippen LogP contribution < -0.4 is 4.74 Å². The van der Waals surface area contributed by atoms with Gasteiger partial charge in [-0.1, -0.05) is 79.5 Å². The van der Waals surface area contributed by atoms with Gasteiger partial charge in [0.15, 0.2) is 11.6 Å². The summed E-state index contributed by atoms with van der Waals surface area (Å²) in [5.41, 5.74) is -2.67. The average Bonchev–Trinajstić information content (AvgIpc) is 3.15. The molecular formula is C24H15Cl2F7O. The van der Waals surface area contributed by atoms with E-state index in [1.165, 1.54) is 24.3 Å². The van der Waals surface area contributed by atoms with E-state index >= 15 is 0 Å². The second-order valence-electron chi connectivity index (χ2n) is 8.27. The highest BCUT2D eigenvalue weighted by atomic mass is 35.5. The standard InChI is InChI=1S/C24H15Cl2F7O/c1-21(12-6-4-3-5-7-12)22(2,24(21,25)26)13-8-10-14(11-9-13)34-20-18(29)16(27)15(23(31,32)33)17(28)19(20)30/h3-11H,1-2H3. The van der Waals surface area contributed by atoms with E-state index in [4.69, 9.17) is 27.9 Å². The normalized spacial score (nSPS) is 23.6. The van der Waals surface area contributed by atoms with Crippen molar-refractivity contribution in [1.29, 1.82) is 0 Å². The van der Waals surface area contributed by atoms with E-state index in [0.29, 0.717) is 5.56 Å². The first-order chi connectivity index (χ1) is 15.7. The SMILES string of the molecule is CC1(c2ccccc2)C(Cl)(Cl)C1(C)c1ccc(Oc2c(F)c(F)c(C(F)(F)F)c(F)c2F)cc1. The molecule has 0 radical (unpaired) electrons. The lowest BCUT2D eigenvalue weighted by Gasteiger charge is -2.19. The molecule has 0 heterocycles. The summed E-state index contributed by atoms with van der Waals surface area (Å²) in [4.78, 5) is 0. The largest absolute Gasteiger partial charge is 0.451 e. The van der Waals surface area contributed by atoms with Crippen LogP contribution in [0.2, 0.25) is 0 Å². The van der Waals surface area contributed by atoms with Gasteiger partial charge in [-0.25, -0.2) is 8.78 Å². The van der Waals surface area contributed by atoms with Gasteiger partial charge < -0.3 is 4.74 Å². The highest BCUT2D eigenvalue weighted by molar-refractivity contribution is 6.54. The molecule has 4 rings (SSSR count). The Hall–Kier alpha value is -2.45. The minimum Gasteiger partial charge on any atom is -0.451 e. The van der Waals surface area contributed by atoms with Crippen LogP contribution >= 0.6 is 23.2 Å². The molecule has 1 fully saturated rings. The van der Waals surface area contributed by atoms with Gasteiger partial charge in [0.05, 0.1) is 0 Å². The molecule has 0 amide bonds. The lowest BCUT2D eigenvalue weighted by Crippen LogP contribution is -2.16. The van der Waals surface area contributed by atoms with Gasteiger partial charge >= 0.3 is 6.18 Å². The fourth-order valence-corrected chi connectivity index (χ4v) is 5.53. The highest BCUT2D eigenvalue weighted by Gasteiger charge is 2.82. The molecule has 1 aliphatic rings. The average molecular weight is 523 g/mol. The van der Waals surface area contributed by atoms with Gasteiger partial charge in [0.1, 0.15) is 15.6 Å². The number of alkyl halides is 5. The molecule has 1 saturated carbocycles. The van der Waals surface area contributed by atoms with Gasteiger partial charge in [-0.2, -0.15) is 22.0 Å². The molecule has 180 valence electrons. The summed E-state index contributed by atoms with van der Waals surface area (Å²) in [5.74, 6) is -11.7. The number of benzene rings is 3. The van der Waals surface area contributed by atoms with Crippen molar-refractivity contribution in [3.63, 3.8) is 0 Å². The first-order valence-corrected chi connectivity index (χ1v) is 10.6. The van der Waals surface area contributed by atoms with Gasteiger partial charge in [0.25, 0.3) is 0 Å². The number of hydrogen-bond donors (Lipinski definition) is 0. The van der Waals surface area contributed by atoms with Crippen LogP contribution in [0.1, 0.15) is 30.5 Å². The Bertz CT molecular complexity index is 1230. The number of halogens is 9. The zero-order chi connectivity index (χ0) is 25.3. The van der Waals surface area contributed by atoms with Gasteiger partial charge in [0, 0.05) is 10.8 Å². The third kappa shape index (κ3) is 3.22. The Labute approximate surface area is 200 Å². The number of ether oxygens (including phenoxy) is 1. The Kier molecular flexibility index (Phi) is 5.65.